The van der Waals surface area contributed by atoms with Crippen LogP contribution in [0.2, 0.25) is 5.02 Å². The number of nitrogens with zero attached hydrogens (tertiary/aromatic N) is 1. The van der Waals surface area contributed by atoms with Crippen molar-refractivity contribution in [1.29, 1.82) is 0 Å². The van der Waals surface area contributed by atoms with Gasteiger partial charge in [-0.15, -0.1) is 0 Å². The maximum absolute atomic E-state index is 14.1. The van der Waals surface area contributed by atoms with Crippen LogP contribution in [0.1, 0.15) is 81.5 Å². The summed E-state index contributed by atoms with van der Waals surface area (Å²) in [6.07, 6.45) is 2.28. The maximum atomic E-state index is 14.1. The van der Waals surface area contributed by atoms with Crippen LogP contribution in [0, 0.1) is 24.7 Å². The minimum Gasteiger partial charge on any atom is -0.482 e. The molecule has 47 heavy (non-hydrogen) atoms. The Hall–Kier alpha value is -4.16. The number of nitrogens with one attached hydrogen (secondary N) is 1. The Balaban J connectivity index is 1.36. The van der Waals surface area contributed by atoms with E-state index < -0.39 is 5.92 Å². The molecule has 1 N–H and O–H groups in total. The quantitative estimate of drug-likeness (QED) is 0.276. The summed E-state index contributed by atoms with van der Waals surface area (Å²) in [5, 5.41) is 3.22. The van der Waals surface area contributed by atoms with Crippen molar-refractivity contribution in [3.8, 4) is 5.75 Å². The zero-order chi connectivity index (χ0) is 33.7. The number of hydrogen-bond acceptors (Lipinski definition) is 5. The van der Waals surface area contributed by atoms with Crippen molar-refractivity contribution in [3.63, 3.8) is 0 Å². The molecule has 3 aromatic carbocycles. The van der Waals surface area contributed by atoms with Gasteiger partial charge in [0.2, 0.25) is 0 Å². The van der Waals surface area contributed by atoms with E-state index in [2.05, 4.69) is 50.0 Å². The van der Waals surface area contributed by atoms with Crippen molar-refractivity contribution in [1.82, 2.24) is 4.90 Å². The largest absolute Gasteiger partial charge is 0.482 e. The van der Waals surface area contributed by atoms with Gasteiger partial charge in [-0.25, -0.2) is 0 Å². The number of rotatable bonds is 7. The minimum absolute atomic E-state index is 0.0722. The molecule has 3 aliphatic rings. The number of benzene rings is 3. The molecule has 1 amide bonds. The molecule has 6 rings (SSSR count). The highest BCUT2D eigenvalue weighted by Gasteiger charge is 2.49. The number of carbonyl (C=O) groups is 3. The van der Waals surface area contributed by atoms with Crippen LogP contribution in [0.4, 0.5) is 5.69 Å². The molecule has 0 aromatic heterocycles. The Morgan fingerprint density at radius 2 is 1.47 bits per heavy atom. The number of amides is 1. The van der Waals surface area contributed by atoms with Crippen molar-refractivity contribution in [2.75, 3.05) is 11.9 Å². The molecule has 0 fully saturated rings. The van der Waals surface area contributed by atoms with Crippen molar-refractivity contribution in [2.24, 2.45) is 10.8 Å². The monoisotopic (exact) mass is 650 g/mol. The van der Waals surface area contributed by atoms with Crippen LogP contribution in [0.3, 0.4) is 0 Å². The van der Waals surface area contributed by atoms with Gasteiger partial charge in [0.1, 0.15) is 5.75 Å². The molecule has 0 saturated heterocycles. The van der Waals surface area contributed by atoms with Gasteiger partial charge in [0, 0.05) is 53.5 Å². The van der Waals surface area contributed by atoms with Crippen LogP contribution in [-0.2, 0) is 20.9 Å². The van der Waals surface area contributed by atoms with Gasteiger partial charge < -0.3 is 15.0 Å². The van der Waals surface area contributed by atoms with Crippen LogP contribution < -0.4 is 10.1 Å². The number of carbonyl (C=O) groups excluding carboxylic acids is 3. The summed E-state index contributed by atoms with van der Waals surface area (Å²) in [5.74, 6) is -0.300. The molecule has 244 valence electrons. The van der Waals surface area contributed by atoms with E-state index in [-0.39, 0.29) is 34.9 Å². The van der Waals surface area contributed by atoms with Gasteiger partial charge in [0.25, 0.3) is 5.91 Å². The lowest BCUT2D eigenvalue weighted by Crippen LogP contribution is -2.44. The molecule has 0 atom stereocenters. The van der Waals surface area contributed by atoms with Gasteiger partial charge in [-0.2, -0.15) is 0 Å². The second-order valence-electron chi connectivity index (χ2n) is 15.0. The second-order valence-corrected chi connectivity index (χ2v) is 15.4. The SMILES string of the molecule is Cc1ccc(NC(=O)COc2ccc(C3C4=C(CC(C)(C)CC4=O)N(Cc4ccccc4)C4=C3C(=O)CC(C)(C)C4)cc2Cl)c(C)c1. The van der Waals surface area contributed by atoms with Crippen molar-refractivity contribution in [3.05, 3.63) is 117 Å². The van der Waals surface area contributed by atoms with E-state index in [1.807, 2.05) is 56.3 Å². The third-order valence-corrected chi connectivity index (χ3v) is 9.80. The maximum Gasteiger partial charge on any atom is 0.262 e. The molecule has 6 nitrogen and oxygen atoms in total. The predicted octanol–water partition coefficient (Wildman–Crippen LogP) is 8.86. The Morgan fingerprint density at radius 3 is 2.04 bits per heavy atom. The van der Waals surface area contributed by atoms with E-state index >= 15 is 0 Å². The van der Waals surface area contributed by atoms with Gasteiger partial charge in [-0.05, 0) is 72.4 Å². The minimum atomic E-state index is -0.515. The number of ether oxygens (including phenoxy) is 1. The van der Waals surface area contributed by atoms with E-state index in [1.165, 1.54) is 0 Å². The van der Waals surface area contributed by atoms with E-state index in [0.29, 0.717) is 41.3 Å². The number of anilines is 1. The Morgan fingerprint density at radius 1 is 0.851 bits per heavy atom. The molecular formula is C40H43ClN2O4. The molecule has 1 heterocycles. The third kappa shape index (κ3) is 6.80. The highest BCUT2D eigenvalue weighted by atomic mass is 35.5. The normalized spacial score (nSPS) is 19.0. The first-order valence-electron chi connectivity index (χ1n) is 16.3. The molecule has 3 aromatic rings. The highest BCUT2D eigenvalue weighted by molar-refractivity contribution is 6.32. The van der Waals surface area contributed by atoms with E-state index in [0.717, 1.165) is 52.2 Å². The highest BCUT2D eigenvalue weighted by Crippen LogP contribution is 2.55. The fraction of sp³-hybridized carbons (Fsp3) is 0.375. The smallest absolute Gasteiger partial charge is 0.262 e. The Bertz CT molecular complexity index is 1780. The fourth-order valence-electron chi connectivity index (χ4n) is 7.44. The van der Waals surface area contributed by atoms with Crippen molar-refractivity contribution < 1.29 is 19.1 Å². The predicted molar refractivity (Wildman–Crippen MR) is 186 cm³/mol. The second kappa shape index (κ2) is 12.5. The van der Waals surface area contributed by atoms with Crippen LogP contribution in [0.5, 0.6) is 5.75 Å². The first kappa shape index (κ1) is 32.8. The number of ketones is 2. The molecule has 1 aliphatic heterocycles. The van der Waals surface area contributed by atoms with Crippen LogP contribution >= 0.6 is 11.6 Å². The first-order chi connectivity index (χ1) is 22.2. The standard InChI is InChI=1S/C40H43ClN2O4/c1-24-12-14-29(25(2)16-24)42-35(46)23-47-34-15-13-27(17-28(34)41)36-37-30(18-39(3,4)20-32(37)44)43(22-26-10-8-7-9-11-26)31-19-40(5,6)21-33(45)38(31)36/h7-17,36H,18-23H2,1-6H3,(H,42,46). The molecule has 7 heteroatoms. The van der Waals surface area contributed by atoms with Crippen LogP contribution in [-0.4, -0.2) is 29.0 Å². The van der Waals surface area contributed by atoms with Gasteiger partial charge in [0.15, 0.2) is 18.2 Å². The molecule has 0 radical (unpaired) electrons. The summed E-state index contributed by atoms with van der Waals surface area (Å²) >= 11 is 6.82. The number of hydrogen-bond donors (Lipinski definition) is 1. The topological polar surface area (TPSA) is 75.7 Å². The summed E-state index contributed by atoms with van der Waals surface area (Å²) in [6.45, 7) is 12.9. The first-order valence-corrected chi connectivity index (χ1v) is 16.7. The van der Waals surface area contributed by atoms with Crippen LogP contribution in [0.25, 0.3) is 0 Å². The third-order valence-electron chi connectivity index (χ3n) is 9.51. The lowest BCUT2D eigenvalue weighted by molar-refractivity contribution is -0.120. The Kier molecular flexibility index (Phi) is 8.69. The zero-order valence-electron chi connectivity index (χ0n) is 28.1. The summed E-state index contributed by atoms with van der Waals surface area (Å²) in [7, 11) is 0. The molecule has 0 spiro atoms. The van der Waals surface area contributed by atoms with Gasteiger partial charge in [-0.3, -0.25) is 14.4 Å². The zero-order valence-corrected chi connectivity index (χ0v) is 28.9. The molecule has 0 unspecified atom stereocenters. The number of aryl methyl sites for hydroxylation is 2. The van der Waals surface area contributed by atoms with E-state index in [4.69, 9.17) is 16.3 Å². The average molecular weight is 651 g/mol. The van der Waals surface area contributed by atoms with Crippen molar-refractivity contribution in [2.45, 2.75) is 79.7 Å². The van der Waals surface area contributed by atoms with E-state index in [1.54, 1.807) is 12.1 Å². The Labute approximate surface area is 282 Å². The lowest BCUT2D eigenvalue weighted by atomic mass is 9.63. The van der Waals surface area contributed by atoms with E-state index in [9.17, 15) is 14.4 Å². The summed E-state index contributed by atoms with van der Waals surface area (Å²) in [6, 6.07) is 21.5. The fourth-order valence-corrected chi connectivity index (χ4v) is 7.68. The summed E-state index contributed by atoms with van der Waals surface area (Å²) in [5.41, 5.74) is 7.71. The average Bonchev–Trinajstić information content (AvgIpc) is 2.98. The number of allylic oxidation sites excluding steroid dienone is 4. The molecule has 0 saturated carbocycles. The van der Waals surface area contributed by atoms with Crippen LogP contribution in [0.15, 0.2) is 89.3 Å². The summed E-state index contributed by atoms with van der Waals surface area (Å²) in [4.78, 5) is 43.3. The molecule has 0 bridgehead atoms. The van der Waals surface area contributed by atoms with Gasteiger partial charge in [-0.1, -0.05) is 93.4 Å². The van der Waals surface area contributed by atoms with Gasteiger partial charge >= 0.3 is 0 Å². The number of halogens is 1. The molecule has 2 aliphatic carbocycles. The summed E-state index contributed by atoms with van der Waals surface area (Å²) < 4.78 is 5.86. The number of Topliss-reactive ketones (excluding diaryl/α,β-unsaturated/α-hetero) is 2. The molecular weight excluding hydrogens is 608 g/mol. The van der Waals surface area contributed by atoms with Gasteiger partial charge in [0.05, 0.1) is 5.02 Å². The lowest BCUT2D eigenvalue weighted by Gasteiger charge is -2.49. The van der Waals surface area contributed by atoms with Crippen molar-refractivity contribution >= 4 is 34.8 Å².